The molecule has 21 heavy (non-hydrogen) atoms. The summed E-state index contributed by atoms with van der Waals surface area (Å²) < 4.78 is 5.31. The Labute approximate surface area is 123 Å². The van der Waals surface area contributed by atoms with Crippen LogP contribution in [0.4, 0.5) is 5.82 Å². The molecule has 6 nitrogen and oxygen atoms in total. The van der Waals surface area contributed by atoms with Crippen LogP contribution in [0.2, 0.25) is 0 Å². The maximum Gasteiger partial charge on any atom is 0.258 e. The lowest BCUT2D eigenvalue weighted by molar-refractivity contribution is 0.0839. The van der Waals surface area contributed by atoms with E-state index in [1.165, 1.54) is 0 Å². The van der Waals surface area contributed by atoms with Crippen LogP contribution in [0.25, 0.3) is 11.5 Å². The van der Waals surface area contributed by atoms with Gasteiger partial charge in [0.15, 0.2) is 5.82 Å². The van der Waals surface area contributed by atoms with Gasteiger partial charge in [0.05, 0.1) is 5.60 Å². The highest BCUT2D eigenvalue weighted by molar-refractivity contribution is 5.59. The van der Waals surface area contributed by atoms with Gasteiger partial charge < -0.3 is 14.5 Å². The molecule has 0 radical (unpaired) electrons. The van der Waals surface area contributed by atoms with E-state index >= 15 is 0 Å². The number of rotatable bonds is 3. The van der Waals surface area contributed by atoms with Gasteiger partial charge in [0.25, 0.3) is 5.89 Å². The Morgan fingerprint density at radius 2 is 2.24 bits per heavy atom. The molecule has 2 aromatic heterocycles. The molecular weight excluding hydrogens is 268 g/mol. The van der Waals surface area contributed by atoms with Crippen molar-refractivity contribution in [3.05, 3.63) is 24.2 Å². The first-order valence-corrected chi connectivity index (χ1v) is 7.22. The average molecular weight is 288 g/mol. The number of β-amino-alcohol motifs (C(OH)–C–C–N with tert-alkyl or cyclic N) is 1. The van der Waals surface area contributed by atoms with E-state index in [2.05, 4.69) is 20.0 Å². The van der Waals surface area contributed by atoms with Crippen LogP contribution in [0.15, 0.2) is 22.9 Å². The molecule has 1 unspecified atom stereocenters. The second-order valence-electron chi connectivity index (χ2n) is 6.18. The minimum Gasteiger partial charge on any atom is -0.388 e. The number of pyridine rings is 1. The zero-order valence-electron chi connectivity index (χ0n) is 12.6. The predicted octanol–water partition coefficient (Wildman–Crippen LogP) is 2.22. The minimum atomic E-state index is -0.646. The zero-order valence-corrected chi connectivity index (χ0v) is 12.6. The van der Waals surface area contributed by atoms with E-state index in [1.54, 1.807) is 6.20 Å². The Kier molecular flexibility index (Phi) is 3.41. The highest BCUT2D eigenvalue weighted by atomic mass is 16.5. The Morgan fingerprint density at radius 3 is 2.86 bits per heavy atom. The molecule has 3 heterocycles. The van der Waals surface area contributed by atoms with Gasteiger partial charge in [0.1, 0.15) is 5.82 Å². The van der Waals surface area contributed by atoms with E-state index in [1.807, 2.05) is 32.9 Å². The molecule has 112 valence electrons. The van der Waals surface area contributed by atoms with E-state index in [9.17, 15) is 5.11 Å². The molecule has 6 heteroatoms. The van der Waals surface area contributed by atoms with E-state index in [4.69, 9.17) is 4.52 Å². The predicted molar refractivity (Wildman–Crippen MR) is 79.1 cm³/mol. The van der Waals surface area contributed by atoms with Gasteiger partial charge in [-0.15, -0.1) is 0 Å². The van der Waals surface area contributed by atoms with Crippen molar-refractivity contribution in [2.24, 2.45) is 0 Å². The zero-order chi connectivity index (χ0) is 15.0. The molecule has 0 spiro atoms. The Balaban J connectivity index is 1.86. The standard InChI is InChI=1S/C15H20N4O2/c1-10(2)13-17-14(21-18-13)11-4-6-16-12(8-11)19-7-5-15(3,20)9-19/h4,6,8,10,20H,5,7,9H2,1-3H3. The monoisotopic (exact) mass is 288 g/mol. The minimum absolute atomic E-state index is 0.234. The fraction of sp³-hybridized carbons (Fsp3) is 0.533. The Bertz CT molecular complexity index is 636. The summed E-state index contributed by atoms with van der Waals surface area (Å²) in [7, 11) is 0. The lowest BCUT2D eigenvalue weighted by atomic mass is 10.1. The van der Waals surface area contributed by atoms with Gasteiger partial charge in [0, 0.05) is 30.8 Å². The molecule has 1 atom stereocenters. The summed E-state index contributed by atoms with van der Waals surface area (Å²) in [4.78, 5) is 10.9. The fourth-order valence-corrected chi connectivity index (χ4v) is 2.45. The number of aromatic nitrogens is 3. The van der Waals surface area contributed by atoms with Crippen molar-refractivity contribution < 1.29 is 9.63 Å². The molecule has 1 aliphatic heterocycles. The molecule has 0 saturated carbocycles. The lowest BCUT2D eigenvalue weighted by Gasteiger charge is -2.19. The molecule has 1 N–H and O–H groups in total. The van der Waals surface area contributed by atoms with Crippen LogP contribution in [0.1, 0.15) is 38.9 Å². The molecule has 2 aromatic rings. The summed E-state index contributed by atoms with van der Waals surface area (Å²) in [5, 5.41) is 14.0. The van der Waals surface area contributed by atoms with E-state index < -0.39 is 5.60 Å². The molecule has 1 aliphatic rings. The first-order valence-electron chi connectivity index (χ1n) is 7.22. The van der Waals surface area contributed by atoms with Crippen molar-refractivity contribution in [1.82, 2.24) is 15.1 Å². The van der Waals surface area contributed by atoms with Gasteiger partial charge in [-0.1, -0.05) is 19.0 Å². The summed E-state index contributed by atoms with van der Waals surface area (Å²) >= 11 is 0. The number of hydrogen-bond acceptors (Lipinski definition) is 6. The number of anilines is 1. The Hall–Kier alpha value is -1.95. The van der Waals surface area contributed by atoms with Crippen LogP contribution in [0.3, 0.4) is 0 Å². The number of nitrogens with zero attached hydrogens (tertiary/aromatic N) is 4. The van der Waals surface area contributed by atoms with Crippen LogP contribution in [-0.4, -0.2) is 38.9 Å². The smallest absolute Gasteiger partial charge is 0.258 e. The molecule has 0 amide bonds. The third-order valence-corrected chi connectivity index (χ3v) is 3.73. The van der Waals surface area contributed by atoms with E-state index in [-0.39, 0.29) is 5.92 Å². The van der Waals surface area contributed by atoms with Gasteiger partial charge in [-0.2, -0.15) is 4.98 Å². The summed E-state index contributed by atoms with van der Waals surface area (Å²) in [6, 6.07) is 3.79. The van der Waals surface area contributed by atoms with Gasteiger partial charge in [-0.3, -0.25) is 0 Å². The normalized spacial score (nSPS) is 22.2. The van der Waals surface area contributed by atoms with Crippen LogP contribution >= 0.6 is 0 Å². The fourth-order valence-electron chi connectivity index (χ4n) is 2.45. The van der Waals surface area contributed by atoms with Crippen molar-refractivity contribution in [1.29, 1.82) is 0 Å². The molecule has 3 rings (SSSR count). The topological polar surface area (TPSA) is 75.3 Å². The average Bonchev–Trinajstić information content (AvgIpc) is 3.05. The molecular formula is C15H20N4O2. The van der Waals surface area contributed by atoms with Crippen molar-refractivity contribution in [2.45, 2.75) is 38.7 Å². The Morgan fingerprint density at radius 1 is 1.43 bits per heavy atom. The highest BCUT2D eigenvalue weighted by Crippen LogP contribution is 2.28. The summed E-state index contributed by atoms with van der Waals surface area (Å²) in [5.41, 5.74) is 0.207. The van der Waals surface area contributed by atoms with E-state index in [0.717, 1.165) is 24.3 Å². The first kappa shape index (κ1) is 14.0. The first-order chi connectivity index (χ1) is 9.94. The molecule has 0 aliphatic carbocycles. The van der Waals surface area contributed by atoms with Gasteiger partial charge in [-0.25, -0.2) is 4.98 Å². The lowest BCUT2D eigenvalue weighted by Crippen LogP contribution is -2.29. The second kappa shape index (κ2) is 5.11. The van der Waals surface area contributed by atoms with Crippen LogP contribution in [0.5, 0.6) is 0 Å². The quantitative estimate of drug-likeness (QED) is 0.933. The molecule has 1 fully saturated rings. The molecule has 0 aromatic carbocycles. The van der Waals surface area contributed by atoms with Crippen LogP contribution < -0.4 is 4.90 Å². The van der Waals surface area contributed by atoms with E-state index in [0.29, 0.717) is 18.3 Å². The van der Waals surface area contributed by atoms with Crippen LogP contribution in [-0.2, 0) is 0 Å². The van der Waals surface area contributed by atoms with Crippen LogP contribution in [0, 0.1) is 0 Å². The summed E-state index contributed by atoms with van der Waals surface area (Å²) in [6.07, 6.45) is 2.48. The van der Waals surface area contributed by atoms with Gasteiger partial charge in [0.2, 0.25) is 0 Å². The van der Waals surface area contributed by atoms with Crippen molar-refractivity contribution >= 4 is 5.82 Å². The third kappa shape index (κ3) is 2.90. The number of hydrogen-bond donors (Lipinski definition) is 1. The third-order valence-electron chi connectivity index (χ3n) is 3.73. The largest absolute Gasteiger partial charge is 0.388 e. The van der Waals surface area contributed by atoms with Gasteiger partial charge >= 0.3 is 0 Å². The van der Waals surface area contributed by atoms with Crippen molar-refractivity contribution in [2.75, 3.05) is 18.0 Å². The second-order valence-corrected chi connectivity index (χ2v) is 6.18. The summed E-state index contributed by atoms with van der Waals surface area (Å²) in [5.74, 6) is 2.27. The maximum atomic E-state index is 10.1. The molecule has 0 bridgehead atoms. The number of aliphatic hydroxyl groups is 1. The maximum absolute atomic E-state index is 10.1. The van der Waals surface area contributed by atoms with Crippen molar-refractivity contribution in [3.8, 4) is 11.5 Å². The highest BCUT2D eigenvalue weighted by Gasteiger charge is 2.32. The summed E-state index contributed by atoms with van der Waals surface area (Å²) in [6.45, 7) is 7.29. The van der Waals surface area contributed by atoms with Gasteiger partial charge in [-0.05, 0) is 25.5 Å². The molecule has 1 saturated heterocycles. The van der Waals surface area contributed by atoms with Crippen molar-refractivity contribution in [3.63, 3.8) is 0 Å². The SMILES string of the molecule is CC(C)c1noc(-c2ccnc(N3CCC(C)(O)C3)c2)n1.